The van der Waals surface area contributed by atoms with E-state index in [9.17, 15) is 4.79 Å². The van der Waals surface area contributed by atoms with Gasteiger partial charge in [0, 0.05) is 5.38 Å². The van der Waals surface area contributed by atoms with E-state index in [4.69, 9.17) is 10.5 Å². The van der Waals surface area contributed by atoms with Crippen molar-refractivity contribution in [2.75, 3.05) is 12.8 Å². The van der Waals surface area contributed by atoms with Gasteiger partial charge in [0.15, 0.2) is 5.13 Å². The zero-order chi connectivity index (χ0) is 12.0. The third-order valence-electron chi connectivity index (χ3n) is 2.11. The van der Waals surface area contributed by atoms with E-state index in [1.54, 1.807) is 5.38 Å². The van der Waals surface area contributed by atoms with E-state index in [1.807, 2.05) is 6.08 Å². The van der Waals surface area contributed by atoms with Gasteiger partial charge in [0.2, 0.25) is 0 Å². The van der Waals surface area contributed by atoms with E-state index >= 15 is 0 Å². The normalized spacial score (nSPS) is 11.5. The molecule has 1 aromatic heterocycles. The number of nitrogens with two attached hydrogens (primary N) is 1. The van der Waals surface area contributed by atoms with Gasteiger partial charge >= 0.3 is 5.97 Å². The van der Waals surface area contributed by atoms with E-state index in [0.29, 0.717) is 16.4 Å². The number of nitrogens with zero attached hydrogens (tertiary/aromatic N) is 1. The highest BCUT2D eigenvalue weighted by molar-refractivity contribution is 7.13. The lowest BCUT2D eigenvalue weighted by atomic mass is 10.1. The standard InChI is InChI=1S/C11H16N2O2S/c1-3-4-5-6-8(10(14)15-2)9-7-16-11(12)13-9/h6-7H,3-5H2,1-2H3,(H2,12,13)/b8-6-. The average molecular weight is 240 g/mol. The maximum Gasteiger partial charge on any atom is 0.339 e. The van der Waals surface area contributed by atoms with Crippen molar-refractivity contribution in [1.82, 2.24) is 4.98 Å². The van der Waals surface area contributed by atoms with Crippen LogP contribution in [0.25, 0.3) is 5.57 Å². The molecule has 16 heavy (non-hydrogen) atoms. The van der Waals surface area contributed by atoms with E-state index in [1.165, 1.54) is 18.4 Å². The summed E-state index contributed by atoms with van der Waals surface area (Å²) in [6.45, 7) is 2.10. The average Bonchev–Trinajstić information content (AvgIpc) is 2.70. The van der Waals surface area contributed by atoms with Gasteiger partial charge in [-0.1, -0.05) is 25.8 Å². The summed E-state index contributed by atoms with van der Waals surface area (Å²) in [6.07, 6.45) is 4.84. The number of hydrogen-bond acceptors (Lipinski definition) is 5. The lowest BCUT2D eigenvalue weighted by Gasteiger charge is -2.02. The molecule has 0 fully saturated rings. The lowest BCUT2D eigenvalue weighted by Crippen LogP contribution is -2.04. The highest BCUT2D eigenvalue weighted by Gasteiger charge is 2.14. The molecular weight excluding hydrogens is 224 g/mol. The number of methoxy groups -OCH3 is 1. The van der Waals surface area contributed by atoms with Crippen LogP contribution in [0.1, 0.15) is 31.9 Å². The summed E-state index contributed by atoms with van der Waals surface area (Å²) in [4.78, 5) is 15.6. The van der Waals surface area contributed by atoms with Gasteiger partial charge in [-0.2, -0.15) is 0 Å². The van der Waals surface area contributed by atoms with Gasteiger partial charge in [0.25, 0.3) is 0 Å². The molecule has 0 saturated carbocycles. The molecule has 0 saturated heterocycles. The van der Waals surface area contributed by atoms with Crippen LogP contribution in [0.15, 0.2) is 11.5 Å². The molecule has 1 rings (SSSR count). The fourth-order valence-electron chi connectivity index (χ4n) is 1.26. The molecule has 0 radical (unpaired) electrons. The van der Waals surface area contributed by atoms with E-state index < -0.39 is 0 Å². The topological polar surface area (TPSA) is 65.2 Å². The molecule has 5 heteroatoms. The second kappa shape index (κ2) is 6.27. The Kier molecular flexibility index (Phi) is 4.98. The van der Waals surface area contributed by atoms with Crippen LogP contribution in [-0.2, 0) is 9.53 Å². The third-order valence-corrected chi connectivity index (χ3v) is 2.78. The Bertz CT molecular complexity index is 385. The van der Waals surface area contributed by atoms with Crippen molar-refractivity contribution in [3.8, 4) is 0 Å². The number of nitrogen functional groups attached to an aromatic ring is 1. The number of carbonyl (C=O) groups excluding carboxylic acids is 1. The Morgan fingerprint density at radius 2 is 2.44 bits per heavy atom. The van der Waals surface area contributed by atoms with Crippen molar-refractivity contribution in [1.29, 1.82) is 0 Å². The van der Waals surface area contributed by atoms with Crippen molar-refractivity contribution >= 4 is 28.0 Å². The summed E-state index contributed by atoms with van der Waals surface area (Å²) in [5.74, 6) is -0.360. The molecule has 4 nitrogen and oxygen atoms in total. The molecule has 0 aromatic carbocycles. The number of esters is 1. The van der Waals surface area contributed by atoms with Gasteiger partial charge in [0.05, 0.1) is 18.4 Å². The van der Waals surface area contributed by atoms with Crippen LogP contribution < -0.4 is 5.73 Å². The maximum atomic E-state index is 11.5. The minimum Gasteiger partial charge on any atom is -0.465 e. The molecule has 1 heterocycles. The summed E-state index contributed by atoms with van der Waals surface area (Å²) >= 11 is 1.32. The minimum atomic E-state index is -0.360. The van der Waals surface area contributed by atoms with Crippen LogP contribution in [0.2, 0.25) is 0 Å². The first-order valence-corrected chi connectivity index (χ1v) is 6.06. The van der Waals surface area contributed by atoms with Gasteiger partial charge in [-0.05, 0) is 6.42 Å². The minimum absolute atomic E-state index is 0.360. The number of rotatable bonds is 5. The number of anilines is 1. The van der Waals surface area contributed by atoms with Gasteiger partial charge in [-0.15, -0.1) is 11.3 Å². The third kappa shape index (κ3) is 3.34. The van der Waals surface area contributed by atoms with Crippen LogP contribution in [0, 0.1) is 0 Å². The first-order valence-electron chi connectivity index (χ1n) is 5.18. The van der Waals surface area contributed by atoms with Crippen molar-refractivity contribution < 1.29 is 9.53 Å². The molecule has 0 spiro atoms. The van der Waals surface area contributed by atoms with Crippen LogP contribution in [0.4, 0.5) is 5.13 Å². The molecule has 1 aromatic rings. The number of aromatic nitrogens is 1. The molecule has 2 N–H and O–H groups in total. The van der Waals surface area contributed by atoms with Crippen molar-refractivity contribution in [2.45, 2.75) is 26.2 Å². The van der Waals surface area contributed by atoms with Crippen LogP contribution >= 0.6 is 11.3 Å². The fourth-order valence-corrected chi connectivity index (χ4v) is 1.83. The lowest BCUT2D eigenvalue weighted by molar-refractivity contribution is -0.133. The number of allylic oxidation sites excluding steroid dienone is 1. The summed E-state index contributed by atoms with van der Waals surface area (Å²) in [5, 5.41) is 2.23. The van der Waals surface area contributed by atoms with Gasteiger partial charge < -0.3 is 10.5 Å². The maximum absolute atomic E-state index is 11.5. The van der Waals surface area contributed by atoms with Crippen LogP contribution in [0.5, 0.6) is 0 Å². The molecule has 0 aliphatic heterocycles. The Labute approximate surface area is 99.1 Å². The molecule has 88 valence electrons. The van der Waals surface area contributed by atoms with E-state index in [-0.39, 0.29) is 5.97 Å². The van der Waals surface area contributed by atoms with Crippen molar-refractivity contribution in [3.63, 3.8) is 0 Å². The molecule has 0 bridgehead atoms. The molecular formula is C11H16N2O2S. The second-order valence-electron chi connectivity index (χ2n) is 3.32. The SMILES string of the molecule is CCCC/C=C(\C(=O)OC)c1csc(N)n1. The number of thiazole rings is 1. The van der Waals surface area contributed by atoms with Crippen LogP contribution in [-0.4, -0.2) is 18.1 Å². The quantitative estimate of drug-likeness (QED) is 0.488. The summed E-state index contributed by atoms with van der Waals surface area (Å²) in [6, 6.07) is 0. The predicted molar refractivity (Wildman–Crippen MR) is 66.0 cm³/mol. The molecule has 0 aliphatic carbocycles. The highest BCUT2D eigenvalue weighted by atomic mass is 32.1. The highest BCUT2D eigenvalue weighted by Crippen LogP contribution is 2.21. The van der Waals surface area contributed by atoms with E-state index in [2.05, 4.69) is 11.9 Å². The smallest absolute Gasteiger partial charge is 0.339 e. The zero-order valence-corrected chi connectivity index (χ0v) is 10.3. The van der Waals surface area contributed by atoms with E-state index in [0.717, 1.165) is 19.3 Å². The van der Waals surface area contributed by atoms with Gasteiger partial charge in [-0.3, -0.25) is 0 Å². The summed E-state index contributed by atoms with van der Waals surface area (Å²) in [7, 11) is 1.37. The first kappa shape index (κ1) is 12.7. The zero-order valence-electron chi connectivity index (χ0n) is 9.53. The summed E-state index contributed by atoms with van der Waals surface area (Å²) in [5.41, 5.74) is 6.65. The summed E-state index contributed by atoms with van der Waals surface area (Å²) < 4.78 is 4.72. The Balaban J connectivity index is 2.87. The molecule has 0 unspecified atom stereocenters. The van der Waals surface area contributed by atoms with Crippen molar-refractivity contribution in [2.24, 2.45) is 0 Å². The van der Waals surface area contributed by atoms with Gasteiger partial charge in [0.1, 0.15) is 0 Å². The Morgan fingerprint density at radius 1 is 1.69 bits per heavy atom. The number of hydrogen-bond donors (Lipinski definition) is 1. The number of carbonyl (C=O) groups is 1. The molecule has 0 aliphatic rings. The predicted octanol–water partition coefficient (Wildman–Crippen LogP) is 2.47. The van der Waals surface area contributed by atoms with Crippen molar-refractivity contribution in [3.05, 3.63) is 17.2 Å². The largest absolute Gasteiger partial charge is 0.465 e. The monoisotopic (exact) mass is 240 g/mol. The van der Waals surface area contributed by atoms with Crippen LogP contribution in [0.3, 0.4) is 0 Å². The first-order chi connectivity index (χ1) is 7.69. The Hall–Kier alpha value is -1.36. The Morgan fingerprint density at radius 3 is 2.94 bits per heavy atom. The fraction of sp³-hybridized carbons (Fsp3) is 0.455. The molecule has 0 atom stereocenters. The number of unbranched alkanes of at least 4 members (excludes halogenated alkanes) is 2. The van der Waals surface area contributed by atoms with Gasteiger partial charge in [-0.25, -0.2) is 9.78 Å². The number of ether oxygens (including phenoxy) is 1. The second-order valence-corrected chi connectivity index (χ2v) is 4.21. The molecule has 0 amide bonds.